The fraction of sp³-hybridized carbons (Fsp3) is 0.216. The molecular weight excluding hydrogens is 559 g/mol. The number of nitrogens with zero attached hydrogens (tertiary/aromatic N) is 2. The zero-order valence-corrected chi connectivity index (χ0v) is 25.2. The number of rotatable bonds is 10. The van der Waals surface area contributed by atoms with Crippen molar-refractivity contribution < 1.29 is 21.8 Å². The van der Waals surface area contributed by atoms with Crippen molar-refractivity contribution >= 4 is 57.2 Å². The average molecular weight is 597 g/mol. The zero-order chi connectivity index (χ0) is 31.1. The van der Waals surface area contributed by atoms with E-state index < -0.39 is 7.25 Å². The monoisotopic (exact) mass is 596 g/mol. The highest BCUT2D eigenvalue weighted by Gasteiger charge is 2.29. The Kier molecular flexibility index (Phi) is 9.83. The van der Waals surface area contributed by atoms with Crippen molar-refractivity contribution in [2.45, 2.75) is 46.1 Å². The van der Waals surface area contributed by atoms with E-state index in [1.165, 1.54) is 80.4 Å². The molecule has 44 heavy (non-hydrogen) atoms. The Labute approximate surface area is 256 Å². The molecule has 2 heterocycles. The average Bonchev–Trinajstić information content (AvgIpc) is 3.48. The molecule has 4 aromatic carbocycles. The van der Waals surface area contributed by atoms with E-state index in [0.29, 0.717) is 0 Å². The number of aryl methyl sites for hydroxylation is 1. The number of allylic oxidation sites excluding steroid dienone is 6. The lowest BCUT2D eigenvalue weighted by Gasteiger charge is -2.05. The van der Waals surface area contributed by atoms with Gasteiger partial charge in [-0.3, -0.25) is 0 Å². The van der Waals surface area contributed by atoms with Crippen LogP contribution >= 0.6 is 0 Å². The molecule has 6 rings (SSSR count). The van der Waals surface area contributed by atoms with Crippen LogP contribution in [0.4, 0.5) is 23.0 Å². The van der Waals surface area contributed by atoms with Gasteiger partial charge in [-0.1, -0.05) is 112 Å². The highest BCUT2D eigenvalue weighted by molar-refractivity contribution is 6.50. The van der Waals surface area contributed by atoms with Gasteiger partial charge in [0.1, 0.15) is 6.54 Å². The Balaban J connectivity index is 0.000000712. The van der Waals surface area contributed by atoms with E-state index in [0.717, 1.165) is 13.1 Å². The lowest BCUT2D eigenvalue weighted by atomic mass is 10.0. The van der Waals surface area contributed by atoms with Crippen LogP contribution in [0.3, 0.4) is 0 Å². The minimum absolute atomic E-state index is 1.05. The van der Waals surface area contributed by atoms with E-state index in [9.17, 15) is 17.3 Å². The van der Waals surface area contributed by atoms with Crippen LogP contribution in [0, 0.1) is 0 Å². The van der Waals surface area contributed by atoms with Gasteiger partial charge in [0, 0.05) is 46.7 Å². The minimum Gasteiger partial charge on any atom is -0.418 e. The molecule has 1 aliphatic rings. The number of aromatic nitrogens is 1. The number of unbranched alkanes of at least 4 members (excludes halogenated alkanes) is 2. The molecule has 0 unspecified atom stereocenters. The third-order valence-corrected chi connectivity index (χ3v) is 7.90. The molecule has 226 valence electrons. The fourth-order valence-electron chi connectivity index (χ4n) is 6.03. The number of benzene rings is 4. The van der Waals surface area contributed by atoms with Crippen LogP contribution in [0.1, 0.15) is 45.1 Å². The molecule has 1 aliphatic heterocycles. The van der Waals surface area contributed by atoms with E-state index in [1.807, 2.05) is 0 Å². The predicted molar refractivity (Wildman–Crippen MR) is 179 cm³/mol. The van der Waals surface area contributed by atoms with Gasteiger partial charge in [-0.25, -0.2) is 0 Å². The van der Waals surface area contributed by atoms with Gasteiger partial charge in [0.05, 0.1) is 10.9 Å². The van der Waals surface area contributed by atoms with E-state index in [4.69, 9.17) is 0 Å². The van der Waals surface area contributed by atoms with Gasteiger partial charge in [-0.05, 0) is 35.4 Å². The molecule has 0 N–H and O–H groups in total. The summed E-state index contributed by atoms with van der Waals surface area (Å²) in [4.78, 5) is 0. The molecule has 0 atom stereocenters. The van der Waals surface area contributed by atoms with Gasteiger partial charge in [0.15, 0.2) is 0 Å². The fourth-order valence-corrected chi connectivity index (χ4v) is 6.03. The summed E-state index contributed by atoms with van der Waals surface area (Å²) in [5.74, 6) is 0. The maximum atomic E-state index is 9.75. The third kappa shape index (κ3) is 6.88. The Morgan fingerprint density at radius 2 is 1.32 bits per heavy atom. The minimum atomic E-state index is -6.00. The number of hydrogen-bond acceptors (Lipinski definition) is 0. The molecule has 0 bridgehead atoms. The molecule has 0 saturated carbocycles. The maximum Gasteiger partial charge on any atom is 0.673 e. The van der Waals surface area contributed by atoms with Crippen molar-refractivity contribution in [1.82, 2.24) is 4.57 Å². The molecule has 0 radical (unpaired) electrons. The van der Waals surface area contributed by atoms with Crippen molar-refractivity contribution in [3.05, 3.63) is 120 Å². The molecule has 1 aromatic heterocycles. The molecule has 0 fully saturated rings. The third-order valence-electron chi connectivity index (χ3n) is 7.90. The van der Waals surface area contributed by atoms with Crippen molar-refractivity contribution in [1.29, 1.82) is 0 Å². The Morgan fingerprint density at radius 1 is 0.705 bits per heavy atom. The Hall–Kier alpha value is -4.39. The lowest BCUT2D eigenvalue weighted by Crippen LogP contribution is -2.16. The standard InChI is InChI=1S/C37H37N2.BF4/c1-3-5-26-38-32(30-20-12-16-28-18-14-24-34(38)36(28)30)22-10-8-7-9-11-23-33-31-21-13-17-29-19-15-25-35(37(29)31)39(33)27-6-4-2;2-1(3,4)5/h7-25H,3-6,26-27H2,1-2H3;/q+1;-1. The van der Waals surface area contributed by atoms with E-state index >= 15 is 0 Å². The van der Waals surface area contributed by atoms with Crippen LogP contribution in [-0.4, -0.2) is 28.7 Å². The van der Waals surface area contributed by atoms with Crippen LogP contribution in [0.2, 0.25) is 0 Å². The van der Waals surface area contributed by atoms with Crippen molar-refractivity contribution in [3.8, 4) is 0 Å². The van der Waals surface area contributed by atoms with Gasteiger partial charge < -0.3 is 21.8 Å². The summed E-state index contributed by atoms with van der Waals surface area (Å²) >= 11 is 0. The van der Waals surface area contributed by atoms with Gasteiger partial charge in [0.25, 0.3) is 0 Å². The Morgan fingerprint density at radius 3 is 2.05 bits per heavy atom. The van der Waals surface area contributed by atoms with Gasteiger partial charge >= 0.3 is 7.25 Å². The van der Waals surface area contributed by atoms with Gasteiger partial charge in [-0.15, -0.1) is 0 Å². The van der Waals surface area contributed by atoms with Gasteiger partial charge in [0.2, 0.25) is 11.4 Å². The first-order valence-corrected chi connectivity index (χ1v) is 15.4. The van der Waals surface area contributed by atoms with Crippen LogP contribution in [0.25, 0.3) is 38.5 Å². The first kappa shape index (κ1) is 31.1. The number of halogens is 4. The van der Waals surface area contributed by atoms with E-state index in [2.05, 4.69) is 138 Å². The molecule has 0 aliphatic carbocycles. The molecule has 0 spiro atoms. The van der Waals surface area contributed by atoms with E-state index in [-0.39, 0.29) is 0 Å². The van der Waals surface area contributed by atoms with Crippen molar-refractivity contribution in [2.75, 3.05) is 6.54 Å². The summed E-state index contributed by atoms with van der Waals surface area (Å²) in [6, 6.07) is 26.6. The molecule has 5 aromatic rings. The van der Waals surface area contributed by atoms with Crippen LogP contribution in [0.15, 0.2) is 109 Å². The van der Waals surface area contributed by atoms with Crippen LogP contribution < -0.4 is 5.35 Å². The highest BCUT2D eigenvalue weighted by atomic mass is 19.5. The summed E-state index contributed by atoms with van der Waals surface area (Å²) in [5.41, 5.74) is 5.32. The van der Waals surface area contributed by atoms with Crippen LogP contribution in [0.5, 0.6) is 0 Å². The van der Waals surface area contributed by atoms with Crippen LogP contribution in [-0.2, 0) is 6.54 Å². The molecular formula is C37H37BF4N2. The SMILES string of the molecule is CCCCn1\c(=C/C=C/C=C/C=C/C2=[N+](CCCC)c3cccc4cccc2c34)c2cccc3cccc1c32.F[B-](F)(F)F. The summed E-state index contributed by atoms with van der Waals surface area (Å²) in [6.07, 6.45) is 20.1. The lowest BCUT2D eigenvalue weighted by molar-refractivity contribution is -0.436. The second-order valence-electron chi connectivity index (χ2n) is 10.9. The largest absolute Gasteiger partial charge is 0.673 e. The summed E-state index contributed by atoms with van der Waals surface area (Å²) < 4.78 is 44.0. The van der Waals surface area contributed by atoms with Crippen molar-refractivity contribution in [3.63, 3.8) is 0 Å². The molecule has 0 saturated heterocycles. The smallest absolute Gasteiger partial charge is 0.418 e. The summed E-state index contributed by atoms with van der Waals surface area (Å²) in [5, 5.41) is 8.04. The topological polar surface area (TPSA) is 7.94 Å². The number of hydrogen-bond donors (Lipinski definition) is 0. The molecule has 7 heteroatoms. The second-order valence-corrected chi connectivity index (χ2v) is 10.9. The quantitative estimate of drug-likeness (QED) is 0.0656. The zero-order valence-electron chi connectivity index (χ0n) is 25.2. The summed E-state index contributed by atoms with van der Waals surface area (Å²) in [6.45, 7) is 6.62. The highest BCUT2D eigenvalue weighted by Crippen LogP contribution is 2.35. The first-order chi connectivity index (χ1) is 21.3. The molecule has 0 amide bonds. The first-order valence-electron chi connectivity index (χ1n) is 15.4. The second kappa shape index (κ2) is 13.9. The normalized spacial score (nSPS) is 14.0. The predicted octanol–water partition coefficient (Wildman–Crippen LogP) is 10.2. The maximum absolute atomic E-state index is 9.75. The van der Waals surface area contributed by atoms with Gasteiger partial charge in [-0.2, -0.15) is 4.58 Å². The Bertz CT molecular complexity index is 1930. The van der Waals surface area contributed by atoms with E-state index in [1.54, 1.807) is 0 Å². The van der Waals surface area contributed by atoms with Crippen molar-refractivity contribution in [2.24, 2.45) is 0 Å². The molecule has 2 nitrogen and oxygen atoms in total. The summed E-state index contributed by atoms with van der Waals surface area (Å²) in [7, 11) is -6.00.